The number of benzene rings is 1. The SMILES string of the molecule is Cn1cnnc1CCNCc1ccc(Cl)c([N+](=O)[O-])c1. The second-order valence-electron chi connectivity index (χ2n) is 4.33. The quantitative estimate of drug-likeness (QED) is 0.498. The molecule has 0 saturated heterocycles. The maximum Gasteiger partial charge on any atom is 0.288 e. The lowest BCUT2D eigenvalue weighted by Gasteiger charge is -2.05. The Morgan fingerprint density at radius 2 is 2.30 bits per heavy atom. The van der Waals surface area contributed by atoms with E-state index < -0.39 is 4.92 Å². The Kier molecular flexibility index (Phi) is 4.65. The van der Waals surface area contributed by atoms with Crippen LogP contribution >= 0.6 is 11.6 Å². The molecule has 0 unspecified atom stereocenters. The van der Waals surface area contributed by atoms with Gasteiger partial charge in [0.05, 0.1) is 4.92 Å². The van der Waals surface area contributed by atoms with Gasteiger partial charge in [-0.3, -0.25) is 10.1 Å². The molecular weight excluding hydrogens is 282 g/mol. The van der Waals surface area contributed by atoms with Crippen molar-refractivity contribution < 1.29 is 4.92 Å². The molecule has 8 heteroatoms. The van der Waals surface area contributed by atoms with E-state index in [1.807, 2.05) is 11.6 Å². The van der Waals surface area contributed by atoms with Crippen LogP contribution < -0.4 is 5.32 Å². The first kappa shape index (κ1) is 14.4. The molecule has 0 bridgehead atoms. The second kappa shape index (κ2) is 6.44. The number of aryl methyl sites for hydroxylation is 1. The van der Waals surface area contributed by atoms with Gasteiger partial charge in [-0.2, -0.15) is 0 Å². The van der Waals surface area contributed by atoms with E-state index in [0.717, 1.165) is 17.8 Å². The van der Waals surface area contributed by atoms with E-state index in [9.17, 15) is 10.1 Å². The third-order valence-electron chi connectivity index (χ3n) is 2.87. The van der Waals surface area contributed by atoms with Crippen molar-refractivity contribution in [1.82, 2.24) is 20.1 Å². The van der Waals surface area contributed by atoms with Gasteiger partial charge in [0, 0.05) is 32.6 Å². The fourth-order valence-electron chi connectivity index (χ4n) is 1.77. The van der Waals surface area contributed by atoms with E-state index in [-0.39, 0.29) is 10.7 Å². The molecular formula is C12H14ClN5O2. The fourth-order valence-corrected chi connectivity index (χ4v) is 1.96. The van der Waals surface area contributed by atoms with Crippen LogP contribution in [-0.2, 0) is 20.0 Å². The van der Waals surface area contributed by atoms with Crippen LogP contribution in [-0.4, -0.2) is 26.2 Å². The Morgan fingerprint density at radius 3 is 2.95 bits per heavy atom. The zero-order valence-electron chi connectivity index (χ0n) is 10.9. The molecule has 7 nitrogen and oxygen atoms in total. The molecule has 0 spiro atoms. The number of hydrogen-bond donors (Lipinski definition) is 1. The molecule has 0 aliphatic heterocycles. The summed E-state index contributed by atoms with van der Waals surface area (Å²) < 4.78 is 1.86. The molecule has 20 heavy (non-hydrogen) atoms. The Hall–Kier alpha value is -1.99. The summed E-state index contributed by atoms with van der Waals surface area (Å²) in [7, 11) is 1.89. The summed E-state index contributed by atoms with van der Waals surface area (Å²) in [6.45, 7) is 1.25. The van der Waals surface area contributed by atoms with Gasteiger partial charge in [0.1, 0.15) is 17.2 Å². The lowest BCUT2D eigenvalue weighted by Crippen LogP contribution is -2.18. The fraction of sp³-hybridized carbons (Fsp3) is 0.333. The van der Waals surface area contributed by atoms with Crippen molar-refractivity contribution in [3.8, 4) is 0 Å². The normalized spacial score (nSPS) is 10.7. The van der Waals surface area contributed by atoms with Crippen LogP contribution in [0.2, 0.25) is 5.02 Å². The summed E-state index contributed by atoms with van der Waals surface area (Å²) in [6.07, 6.45) is 2.39. The van der Waals surface area contributed by atoms with Crippen molar-refractivity contribution in [3.63, 3.8) is 0 Å². The van der Waals surface area contributed by atoms with Crippen molar-refractivity contribution >= 4 is 17.3 Å². The van der Waals surface area contributed by atoms with Crippen LogP contribution in [0, 0.1) is 10.1 Å². The van der Waals surface area contributed by atoms with Gasteiger partial charge in [0.25, 0.3) is 5.69 Å². The summed E-state index contributed by atoms with van der Waals surface area (Å²) >= 11 is 5.76. The van der Waals surface area contributed by atoms with E-state index in [0.29, 0.717) is 13.1 Å². The van der Waals surface area contributed by atoms with Crippen molar-refractivity contribution in [2.24, 2.45) is 7.05 Å². The number of nitrogens with one attached hydrogen (secondary N) is 1. The average Bonchev–Trinajstić information content (AvgIpc) is 2.82. The number of aromatic nitrogens is 3. The van der Waals surface area contributed by atoms with Gasteiger partial charge in [-0.15, -0.1) is 10.2 Å². The van der Waals surface area contributed by atoms with Gasteiger partial charge in [-0.25, -0.2) is 0 Å². The summed E-state index contributed by atoms with van der Waals surface area (Å²) in [4.78, 5) is 10.3. The molecule has 1 heterocycles. The molecule has 1 N–H and O–H groups in total. The minimum Gasteiger partial charge on any atom is -0.321 e. The molecule has 106 valence electrons. The number of halogens is 1. The number of nitrogens with zero attached hydrogens (tertiary/aromatic N) is 4. The molecule has 0 fully saturated rings. The minimum absolute atomic E-state index is 0.0701. The minimum atomic E-state index is -0.481. The van der Waals surface area contributed by atoms with Crippen molar-refractivity contribution in [2.45, 2.75) is 13.0 Å². The maximum atomic E-state index is 10.8. The molecule has 2 rings (SSSR count). The van der Waals surface area contributed by atoms with E-state index in [4.69, 9.17) is 11.6 Å². The first-order valence-electron chi connectivity index (χ1n) is 6.04. The van der Waals surface area contributed by atoms with Gasteiger partial charge >= 0.3 is 0 Å². The van der Waals surface area contributed by atoms with Gasteiger partial charge in [0.15, 0.2) is 0 Å². The standard InChI is InChI=1S/C12H14ClN5O2/c1-17-8-15-16-12(17)4-5-14-7-9-2-3-10(13)11(6-9)18(19)20/h2-3,6,8,14H,4-5,7H2,1H3. The lowest BCUT2D eigenvalue weighted by atomic mass is 10.2. The highest BCUT2D eigenvalue weighted by atomic mass is 35.5. The second-order valence-corrected chi connectivity index (χ2v) is 4.73. The molecule has 0 saturated carbocycles. The zero-order valence-corrected chi connectivity index (χ0v) is 11.7. The highest BCUT2D eigenvalue weighted by Gasteiger charge is 2.12. The molecule has 2 aromatic rings. The van der Waals surface area contributed by atoms with E-state index >= 15 is 0 Å². The highest BCUT2D eigenvalue weighted by molar-refractivity contribution is 6.32. The van der Waals surface area contributed by atoms with Crippen molar-refractivity contribution in [3.05, 3.63) is 51.1 Å². The third-order valence-corrected chi connectivity index (χ3v) is 3.19. The van der Waals surface area contributed by atoms with Gasteiger partial charge in [0.2, 0.25) is 0 Å². The Balaban J connectivity index is 1.87. The number of nitro benzene ring substituents is 1. The van der Waals surface area contributed by atoms with E-state index in [1.54, 1.807) is 18.5 Å². The van der Waals surface area contributed by atoms with Crippen LogP contribution in [0.25, 0.3) is 0 Å². The van der Waals surface area contributed by atoms with Gasteiger partial charge in [-0.1, -0.05) is 17.7 Å². The average molecular weight is 296 g/mol. The highest BCUT2D eigenvalue weighted by Crippen LogP contribution is 2.24. The molecule has 0 aliphatic rings. The first-order valence-corrected chi connectivity index (χ1v) is 6.42. The predicted molar refractivity (Wildman–Crippen MR) is 74.5 cm³/mol. The summed E-state index contributed by atoms with van der Waals surface area (Å²) in [5, 5.41) is 21.9. The number of nitro groups is 1. The maximum absolute atomic E-state index is 10.8. The molecule has 1 aromatic heterocycles. The summed E-state index contributed by atoms with van der Waals surface area (Å²) in [5.74, 6) is 0.889. The number of hydrogen-bond acceptors (Lipinski definition) is 5. The monoisotopic (exact) mass is 295 g/mol. The molecule has 0 aliphatic carbocycles. The van der Waals surface area contributed by atoms with Crippen LogP contribution in [0.15, 0.2) is 24.5 Å². The molecule has 0 radical (unpaired) electrons. The van der Waals surface area contributed by atoms with Gasteiger partial charge < -0.3 is 9.88 Å². The van der Waals surface area contributed by atoms with E-state index in [2.05, 4.69) is 15.5 Å². The third kappa shape index (κ3) is 3.52. The van der Waals surface area contributed by atoms with Crippen molar-refractivity contribution in [1.29, 1.82) is 0 Å². The topological polar surface area (TPSA) is 85.9 Å². The van der Waals surface area contributed by atoms with Crippen LogP contribution in [0.4, 0.5) is 5.69 Å². The Bertz CT molecular complexity index is 614. The van der Waals surface area contributed by atoms with Gasteiger partial charge in [-0.05, 0) is 11.6 Å². The Morgan fingerprint density at radius 1 is 1.50 bits per heavy atom. The predicted octanol–water partition coefficient (Wildman–Crippen LogP) is 1.71. The largest absolute Gasteiger partial charge is 0.321 e. The lowest BCUT2D eigenvalue weighted by molar-refractivity contribution is -0.384. The number of rotatable bonds is 6. The summed E-state index contributed by atoms with van der Waals surface area (Å²) in [5.41, 5.74) is 0.748. The summed E-state index contributed by atoms with van der Waals surface area (Å²) in [6, 6.07) is 4.79. The Labute approximate surface area is 120 Å². The zero-order chi connectivity index (χ0) is 14.5. The molecule has 0 amide bonds. The smallest absolute Gasteiger partial charge is 0.288 e. The molecule has 0 atom stereocenters. The first-order chi connectivity index (χ1) is 9.58. The van der Waals surface area contributed by atoms with Crippen LogP contribution in [0.1, 0.15) is 11.4 Å². The van der Waals surface area contributed by atoms with E-state index in [1.165, 1.54) is 6.07 Å². The van der Waals surface area contributed by atoms with Crippen molar-refractivity contribution in [2.75, 3.05) is 6.54 Å². The van der Waals surface area contributed by atoms with Crippen LogP contribution in [0.5, 0.6) is 0 Å². The molecule has 1 aromatic carbocycles. The van der Waals surface area contributed by atoms with Crippen LogP contribution in [0.3, 0.4) is 0 Å².